The molecule has 0 radical (unpaired) electrons. The number of nitrogens with zero attached hydrogens (tertiary/aromatic N) is 2. The third kappa shape index (κ3) is 6.99. The van der Waals surface area contributed by atoms with E-state index >= 15 is 0 Å². The summed E-state index contributed by atoms with van der Waals surface area (Å²) >= 11 is 0. The zero-order valence-corrected chi connectivity index (χ0v) is 22.9. The summed E-state index contributed by atoms with van der Waals surface area (Å²) in [5.74, 6) is 1.38. The Morgan fingerprint density at radius 3 is 2.26 bits per heavy atom. The van der Waals surface area contributed by atoms with Crippen LogP contribution in [0.15, 0.2) is 72.8 Å². The molecule has 3 aromatic rings. The number of likely N-dealkylation sites (tertiary alicyclic amines) is 1. The van der Waals surface area contributed by atoms with Crippen LogP contribution in [0.3, 0.4) is 0 Å². The SMILES string of the molecule is COc1ccc(CC(=O)Nc2ccc(N3CCC(Cc4ccccc4)CC3)c(C(=O)N3CCCCC3)c2)cc1. The summed E-state index contributed by atoms with van der Waals surface area (Å²) in [6.45, 7) is 3.46. The molecule has 0 aliphatic carbocycles. The van der Waals surface area contributed by atoms with E-state index in [0.29, 0.717) is 17.2 Å². The van der Waals surface area contributed by atoms with Crippen LogP contribution in [0.25, 0.3) is 0 Å². The Hall–Kier alpha value is -3.80. The second-order valence-electron chi connectivity index (χ2n) is 10.8. The number of hydrogen-bond acceptors (Lipinski definition) is 4. The molecule has 1 N–H and O–H groups in total. The number of methoxy groups -OCH3 is 1. The van der Waals surface area contributed by atoms with Gasteiger partial charge in [0.1, 0.15) is 5.75 Å². The normalized spacial score (nSPS) is 16.1. The second-order valence-corrected chi connectivity index (χ2v) is 10.8. The van der Waals surface area contributed by atoms with E-state index in [2.05, 4.69) is 40.5 Å². The molecule has 2 aliphatic rings. The van der Waals surface area contributed by atoms with E-state index in [1.165, 1.54) is 12.0 Å². The van der Waals surface area contributed by atoms with E-state index in [9.17, 15) is 9.59 Å². The van der Waals surface area contributed by atoms with Gasteiger partial charge in [-0.15, -0.1) is 0 Å². The fraction of sp³-hybridized carbons (Fsp3) is 0.394. The molecular formula is C33H39N3O3. The standard InChI is InChI=1S/C33H39N3O3/c1-39-29-13-10-26(11-14-29)23-32(37)34-28-12-15-31(30(24-28)33(38)36-18-6-3-7-19-36)35-20-16-27(17-21-35)22-25-8-4-2-5-9-25/h2,4-5,8-15,24,27H,3,6-7,16-23H2,1H3,(H,34,37). The number of carbonyl (C=O) groups excluding carboxylic acids is 2. The highest BCUT2D eigenvalue weighted by Gasteiger charge is 2.26. The molecule has 39 heavy (non-hydrogen) atoms. The van der Waals surface area contributed by atoms with Crippen LogP contribution in [0.5, 0.6) is 5.75 Å². The number of amides is 2. The quantitative estimate of drug-likeness (QED) is 0.394. The third-order valence-electron chi connectivity index (χ3n) is 8.00. The minimum atomic E-state index is -0.106. The van der Waals surface area contributed by atoms with Gasteiger partial charge in [-0.25, -0.2) is 0 Å². The highest BCUT2D eigenvalue weighted by Crippen LogP contribution is 2.31. The van der Waals surface area contributed by atoms with E-state index in [-0.39, 0.29) is 18.2 Å². The summed E-state index contributed by atoms with van der Waals surface area (Å²) in [5.41, 5.74) is 4.65. The maximum Gasteiger partial charge on any atom is 0.256 e. The Bertz CT molecular complexity index is 1240. The minimum absolute atomic E-state index is 0.0716. The molecule has 3 aromatic carbocycles. The molecule has 2 aliphatic heterocycles. The van der Waals surface area contributed by atoms with Gasteiger partial charge in [0, 0.05) is 37.6 Å². The van der Waals surface area contributed by atoms with Crippen molar-refractivity contribution in [1.82, 2.24) is 4.90 Å². The van der Waals surface area contributed by atoms with E-state index in [1.807, 2.05) is 47.4 Å². The number of piperidine rings is 2. The minimum Gasteiger partial charge on any atom is -0.497 e. The first-order chi connectivity index (χ1) is 19.1. The average Bonchev–Trinajstić information content (AvgIpc) is 2.98. The number of anilines is 2. The van der Waals surface area contributed by atoms with Crippen molar-refractivity contribution in [2.45, 2.75) is 44.9 Å². The fourth-order valence-electron chi connectivity index (χ4n) is 5.79. The molecule has 0 saturated carbocycles. The van der Waals surface area contributed by atoms with E-state index in [4.69, 9.17) is 4.74 Å². The molecular weight excluding hydrogens is 486 g/mol. The first-order valence-corrected chi connectivity index (χ1v) is 14.2. The van der Waals surface area contributed by atoms with E-state index in [1.54, 1.807) is 7.11 Å². The molecule has 0 unspecified atom stereocenters. The van der Waals surface area contributed by atoms with Gasteiger partial charge in [0.25, 0.3) is 5.91 Å². The third-order valence-corrected chi connectivity index (χ3v) is 8.00. The number of rotatable bonds is 8. The van der Waals surface area contributed by atoms with Gasteiger partial charge in [0.15, 0.2) is 0 Å². The maximum atomic E-state index is 13.7. The van der Waals surface area contributed by atoms with Crippen LogP contribution in [0.1, 0.15) is 53.6 Å². The molecule has 204 valence electrons. The molecule has 0 aromatic heterocycles. The predicted octanol–water partition coefficient (Wildman–Crippen LogP) is 5.96. The van der Waals surface area contributed by atoms with Gasteiger partial charge >= 0.3 is 0 Å². The second kappa shape index (κ2) is 12.8. The lowest BCUT2D eigenvalue weighted by molar-refractivity contribution is -0.115. The van der Waals surface area contributed by atoms with Crippen molar-refractivity contribution >= 4 is 23.2 Å². The Morgan fingerprint density at radius 1 is 0.846 bits per heavy atom. The number of ether oxygens (including phenoxy) is 1. The van der Waals surface area contributed by atoms with Crippen molar-refractivity contribution in [3.63, 3.8) is 0 Å². The number of nitrogens with one attached hydrogen (secondary N) is 1. The van der Waals surface area contributed by atoms with E-state index in [0.717, 1.165) is 75.3 Å². The van der Waals surface area contributed by atoms with Crippen LogP contribution in [0, 0.1) is 5.92 Å². The van der Waals surface area contributed by atoms with Gasteiger partial charge < -0.3 is 19.9 Å². The highest BCUT2D eigenvalue weighted by atomic mass is 16.5. The van der Waals surface area contributed by atoms with Crippen molar-refractivity contribution in [2.75, 3.05) is 43.5 Å². The molecule has 2 heterocycles. The van der Waals surface area contributed by atoms with Crippen molar-refractivity contribution in [3.8, 4) is 5.75 Å². The lowest BCUT2D eigenvalue weighted by Gasteiger charge is -2.36. The van der Waals surface area contributed by atoms with Crippen LogP contribution < -0.4 is 15.0 Å². The lowest BCUT2D eigenvalue weighted by atomic mass is 9.89. The highest BCUT2D eigenvalue weighted by molar-refractivity contribution is 6.02. The maximum absolute atomic E-state index is 13.7. The van der Waals surface area contributed by atoms with Gasteiger partial charge in [0.2, 0.25) is 5.91 Å². The molecule has 5 rings (SSSR count). The topological polar surface area (TPSA) is 61.9 Å². The summed E-state index contributed by atoms with van der Waals surface area (Å²) in [5, 5.41) is 3.02. The summed E-state index contributed by atoms with van der Waals surface area (Å²) in [4.78, 5) is 30.9. The summed E-state index contributed by atoms with van der Waals surface area (Å²) < 4.78 is 5.21. The Labute approximate surface area is 232 Å². The first-order valence-electron chi connectivity index (χ1n) is 14.2. The first kappa shape index (κ1) is 26.8. The zero-order chi connectivity index (χ0) is 27.0. The monoisotopic (exact) mass is 525 g/mol. The molecule has 2 saturated heterocycles. The fourth-order valence-corrected chi connectivity index (χ4v) is 5.79. The smallest absolute Gasteiger partial charge is 0.256 e. The van der Waals surface area contributed by atoms with Gasteiger partial charge in [0.05, 0.1) is 19.1 Å². The molecule has 2 amide bonds. The van der Waals surface area contributed by atoms with Crippen molar-refractivity contribution < 1.29 is 14.3 Å². The molecule has 0 bridgehead atoms. The molecule has 6 nitrogen and oxygen atoms in total. The van der Waals surface area contributed by atoms with Crippen LogP contribution >= 0.6 is 0 Å². The molecule has 2 fully saturated rings. The molecule has 0 spiro atoms. The zero-order valence-electron chi connectivity index (χ0n) is 22.9. The Morgan fingerprint density at radius 2 is 1.56 bits per heavy atom. The van der Waals surface area contributed by atoms with Crippen LogP contribution in [0.2, 0.25) is 0 Å². The Kier molecular flexibility index (Phi) is 8.82. The molecule has 6 heteroatoms. The lowest BCUT2D eigenvalue weighted by Crippen LogP contribution is -2.39. The summed E-state index contributed by atoms with van der Waals surface area (Å²) in [6, 6.07) is 24.1. The van der Waals surface area contributed by atoms with E-state index < -0.39 is 0 Å². The van der Waals surface area contributed by atoms with Crippen LogP contribution in [-0.4, -0.2) is 50.0 Å². The predicted molar refractivity (Wildman–Crippen MR) is 157 cm³/mol. The number of carbonyl (C=O) groups is 2. The van der Waals surface area contributed by atoms with Crippen LogP contribution in [-0.2, 0) is 17.6 Å². The van der Waals surface area contributed by atoms with Gasteiger partial charge in [-0.3, -0.25) is 9.59 Å². The molecule has 0 atom stereocenters. The largest absolute Gasteiger partial charge is 0.497 e. The number of benzene rings is 3. The van der Waals surface area contributed by atoms with Gasteiger partial charge in [-0.1, -0.05) is 42.5 Å². The van der Waals surface area contributed by atoms with Crippen molar-refractivity contribution in [1.29, 1.82) is 0 Å². The van der Waals surface area contributed by atoms with Crippen molar-refractivity contribution in [2.24, 2.45) is 5.92 Å². The average molecular weight is 526 g/mol. The van der Waals surface area contributed by atoms with Gasteiger partial charge in [-0.05, 0) is 85.9 Å². The van der Waals surface area contributed by atoms with Crippen LogP contribution in [0.4, 0.5) is 11.4 Å². The van der Waals surface area contributed by atoms with Gasteiger partial charge in [-0.2, -0.15) is 0 Å². The Balaban J connectivity index is 1.30. The van der Waals surface area contributed by atoms with Crippen molar-refractivity contribution in [3.05, 3.63) is 89.5 Å². The summed E-state index contributed by atoms with van der Waals surface area (Å²) in [7, 11) is 1.63. The number of hydrogen-bond donors (Lipinski definition) is 1. The summed E-state index contributed by atoms with van der Waals surface area (Å²) in [6.07, 6.45) is 6.84.